The average Bonchev–Trinajstić information content (AvgIpc) is 2.18. The highest BCUT2D eigenvalue weighted by atomic mass is 79.9. The van der Waals surface area contributed by atoms with E-state index in [1.807, 2.05) is 0 Å². The minimum Gasteiger partial charge on any atom is -0.387 e. The lowest BCUT2D eigenvalue weighted by atomic mass is 10.1. The number of nitrogens with one attached hydrogen (secondary N) is 1. The Hall–Kier alpha value is -0.450. The normalized spacial score (nSPS) is 11.9. The first-order valence-electron chi connectivity index (χ1n) is 4.88. The molecule has 2 N–H and O–H groups in total. The lowest BCUT2D eigenvalue weighted by molar-refractivity contribution is 0.174. The molecule has 2 nitrogen and oxygen atoms in total. The molecule has 0 spiro atoms. The second-order valence-corrected chi connectivity index (χ2v) is 3.27. The van der Waals surface area contributed by atoms with E-state index in [9.17, 15) is 9.50 Å². The monoisotopic (exact) mass is 277 g/mol. The van der Waals surface area contributed by atoms with Crippen LogP contribution < -0.4 is 5.32 Å². The molecule has 4 heteroatoms. The molecule has 1 rings (SSSR count). The van der Waals surface area contributed by atoms with E-state index in [2.05, 4.69) is 12.2 Å². The summed E-state index contributed by atoms with van der Waals surface area (Å²) in [4.78, 5) is 0. The number of rotatable bonds is 5. The van der Waals surface area contributed by atoms with Gasteiger partial charge in [0.25, 0.3) is 0 Å². The molecule has 0 heterocycles. The molecule has 0 aliphatic heterocycles. The van der Waals surface area contributed by atoms with Gasteiger partial charge in [-0.15, -0.1) is 17.0 Å². The maximum absolute atomic E-state index is 12.8. The highest BCUT2D eigenvalue weighted by Crippen LogP contribution is 2.12. The van der Waals surface area contributed by atoms with Crippen LogP contribution in [0.25, 0.3) is 0 Å². The van der Waals surface area contributed by atoms with Crippen LogP contribution in [0.15, 0.2) is 24.3 Å². The molecular weight excluding hydrogens is 261 g/mol. The molecule has 0 aromatic heterocycles. The minimum atomic E-state index is -0.628. The summed E-state index contributed by atoms with van der Waals surface area (Å²) in [5, 5.41) is 12.7. The Morgan fingerprint density at radius 2 is 2.20 bits per heavy atom. The number of aliphatic hydroxyl groups excluding tert-OH is 1. The fourth-order valence-electron chi connectivity index (χ4n) is 1.25. The molecule has 0 saturated carbocycles. The van der Waals surface area contributed by atoms with Gasteiger partial charge in [0, 0.05) is 6.54 Å². The molecule has 0 aliphatic carbocycles. The summed E-state index contributed by atoms with van der Waals surface area (Å²) in [6.07, 6.45) is 0.396. The van der Waals surface area contributed by atoms with Crippen LogP contribution in [0.4, 0.5) is 4.39 Å². The molecule has 0 amide bonds. The van der Waals surface area contributed by atoms with Gasteiger partial charge in [0.15, 0.2) is 0 Å². The predicted molar refractivity (Wildman–Crippen MR) is 64.8 cm³/mol. The molecule has 1 atom stereocenters. The van der Waals surface area contributed by atoms with Gasteiger partial charge in [-0.2, -0.15) is 0 Å². The summed E-state index contributed by atoms with van der Waals surface area (Å²) in [6, 6.07) is 6.06. The Morgan fingerprint density at radius 1 is 1.47 bits per heavy atom. The van der Waals surface area contributed by atoms with Gasteiger partial charge >= 0.3 is 0 Å². The van der Waals surface area contributed by atoms with Crippen LogP contribution in [0, 0.1) is 5.82 Å². The molecule has 0 fully saturated rings. The molecular formula is C11H17BrFNO. The lowest BCUT2D eigenvalue weighted by Crippen LogP contribution is -2.22. The number of hydrogen-bond donors (Lipinski definition) is 2. The zero-order chi connectivity index (χ0) is 10.4. The first-order chi connectivity index (χ1) is 6.74. The van der Waals surface area contributed by atoms with Gasteiger partial charge in [-0.05, 0) is 30.7 Å². The third kappa shape index (κ3) is 5.25. The van der Waals surface area contributed by atoms with E-state index in [1.54, 1.807) is 12.1 Å². The molecule has 0 aliphatic rings. The first kappa shape index (κ1) is 14.6. The van der Waals surface area contributed by atoms with Crippen LogP contribution in [0.2, 0.25) is 0 Å². The Bertz CT molecular complexity index is 283. The summed E-state index contributed by atoms with van der Waals surface area (Å²) in [5.41, 5.74) is 0.619. The van der Waals surface area contributed by atoms with E-state index in [0.717, 1.165) is 13.0 Å². The molecule has 86 valence electrons. The fourth-order valence-corrected chi connectivity index (χ4v) is 1.25. The maximum Gasteiger partial charge on any atom is 0.123 e. The van der Waals surface area contributed by atoms with Crippen molar-refractivity contribution in [1.82, 2.24) is 5.32 Å². The molecule has 0 bridgehead atoms. The van der Waals surface area contributed by atoms with Gasteiger partial charge in [0.2, 0.25) is 0 Å². The third-order valence-electron chi connectivity index (χ3n) is 2.00. The van der Waals surface area contributed by atoms with Crippen molar-refractivity contribution >= 4 is 17.0 Å². The molecule has 1 unspecified atom stereocenters. The quantitative estimate of drug-likeness (QED) is 0.811. The summed E-state index contributed by atoms with van der Waals surface area (Å²) in [5.74, 6) is -0.308. The highest BCUT2D eigenvalue weighted by molar-refractivity contribution is 8.93. The van der Waals surface area contributed by atoms with Crippen LogP contribution in [-0.4, -0.2) is 18.2 Å². The lowest BCUT2D eigenvalue weighted by Gasteiger charge is -2.11. The van der Waals surface area contributed by atoms with Crippen molar-refractivity contribution < 1.29 is 9.50 Å². The number of benzene rings is 1. The zero-order valence-electron chi connectivity index (χ0n) is 8.74. The van der Waals surface area contributed by atoms with Crippen LogP contribution in [0.5, 0.6) is 0 Å². The van der Waals surface area contributed by atoms with Crippen molar-refractivity contribution in [2.24, 2.45) is 0 Å². The second kappa shape index (κ2) is 7.79. The summed E-state index contributed by atoms with van der Waals surface area (Å²) in [6.45, 7) is 3.39. The Kier molecular flexibility index (Phi) is 7.56. The van der Waals surface area contributed by atoms with Crippen LogP contribution in [0.1, 0.15) is 25.0 Å². The number of halogens is 2. The first-order valence-corrected chi connectivity index (χ1v) is 4.88. The van der Waals surface area contributed by atoms with Crippen molar-refractivity contribution in [2.45, 2.75) is 19.4 Å². The highest BCUT2D eigenvalue weighted by Gasteiger charge is 2.06. The van der Waals surface area contributed by atoms with E-state index >= 15 is 0 Å². The molecule has 15 heavy (non-hydrogen) atoms. The molecule has 1 aromatic rings. The van der Waals surface area contributed by atoms with Crippen LogP contribution >= 0.6 is 17.0 Å². The van der Waals surface area contributed by atoms with Gasteiger partial charge in [-0.1, -0.05) is 19.1 Å². The summed E-state index contributed by atoms with van der Waals surface area (Å²) < 4.78 is 12.8. The Morgan fingerprint density at radius 3 is 2.80 bits per heavy atom. The van der Waals surface area contributed by atoms with Gasteiger partial charge in [0.1, 0.15) is 5.82 Å². The van der Waals surface area contributed by atoms with Gasteiger partial charge in [-0.3, -0.25) is 0 Å². The Labute approximate surface area is 100 Å². The van der Waals surface area contributed by atoms with Crippen molar-refractivity contribution in [3.8, 4) is 0 Å². The number of hydrogen-bond acceptors (Lipinski definition) is 2. The van der Waals surface area contributed by atoms with E-state index < -0.39 is 6.10 Å². The topological polar surface area (TPSA) is 32.3 Å². The summed E-state index contributed by atoms with van der Waals surface area (Å²) in [7, 11) is 0. The van der Waals surface area contributed by atoms with Crippen LogP contribution in [-0.2, 0) is 0 Å². The summed E-state index contributed by atoms with van der Waals surface area (Å²) >= 11 is 0. The van der Waals surface area contributed by atoms with Crippen LogP contribution in [0.3, 0.4) is 0 Å². The van der Waals surface area contributed by atoms with Crippen molar-refractivity contribution in [1.29, 1.82) is 0 Å². The van der Waals surface area contributed by atoms with E-state index in [0.29, 0.717) is 12.1 Å². The minimum absolute atomic E-state index is 0. The third-order valence-corrected chi connectivity index (χ3v) is 2.00. The largest absolute Gasteiger partial charge is 0.387 e. The fraction of sp³-hybridized carbons (Fsp3) is 0.455. The van der Waals surface area contributed by atoms with Crippen molar-refractivity contribution in [3.05, 3.63) is 35.6 Å². The van der Waals surface area contributed by atoms with Gasteiger partial charge < -0.3 is 10.4 Å². The van der Waals surface area contributed by atoms with Gasteiger partial charge in [0.05, 0.1) is 6.10 Å². The Balaban J connectivity index is 0.00000196. The van der Waals surface area contributed by atoms with E-state index in [1.165, 1.54) is 12.1 Å². The zero-order valence-corrected chi connectivity index (χ0v) is 10.5. The maximum atomic E-state index is 12.8. The standard InChI is InChI=1S/C11H16FNO.BrH/c1-2-6-13-8-11(14)9-4-3-5-10(12)7-9;/h3-5,7,11,13-14H,2,6,8H2,1H3;1H. The van der Waals surface area contributed by atoms with Crippen molar-refractivity contribution in [3.63, 3.8) is 0 Å². The van der Waals surface area contributed by atoms with E-state index in [-0.39, 0.29) is 22.8 Å². The number of aliphatic hydroxyl groups is 1. The molecule has 1 aromatic carbocycles. The average molecular weight is 278 g/mol. The smallest absolute Gasteiger partial charge is 0.123 e. The predicted octanol–water partition coefficient (Wildman–Crippen LogP) is 2.44. The van der Waals surface area contributed by atoms with Crippen molar-refractivity contribution in [2.75, 3.05) is 13.1 Å². The SMILES string of the molecule is Br.CCCNCC(O)c1cccc(F)c1. The van der Waals surface area contributed by atoms with Gasteiger partial charge in [-0.25, -0.2) is 4.39 Å². The van der Waals surface area contributed by atoms with E-state index in [4.69, 9.17) is 0 Å². The molecule has 0 saturated heterocycles. The molecule has 0 radical (unpaired) electrons. The second-order valence-electron chi connectivity index (χ2n) is 3.27.